The highest BCUT2D eigenvalue weighted by molar-refractivity contribution is 9.09. The lowest BCUT2D eigenvalue weighted by atomic mass is 9.71. The second-order valence-corrected chi connectivity index (χ2v) is 6.90. The third kappa shape index (κ3) is 3.33. The molecule has 0 bridgehead atoms. The number of imidazole rings is 1. The molecule has 2 heterocycles. The number of halogens is 4. The molecule has 0 aliphatic heterocycles. The summed E-state index contributed by atoms with van der Waals surface area (Å²) < 4.78 is 46.2. The number of ether oxygens (including phenoxy) is 1. The first-order valence-electron chi connectivity index (χ1n) is 7.21. The van der Waals surface area contributed by atoms with Crippen LogP contribution in [-0.4, -0.2) is 32.0 Å². The van der Waals surface area contributed by atoms with Crippen LogP contribution in [0.3, 0.4) is 0 Å². The van der Waals surface area contributed by atoms with Gasteiger partial charge < -0.3 is 9.84 Å². The number of alkyl halides is 4. The number of aromatic nitrogens is 2. The number of aliphatic hydroxyl groups is 1. The van der Waals surface area contributed by atoms with Crippen molar-refractivity contribution in [2.75, 3.05) is 11.9 Å². The van der Waals surface area contributed by atoms with Crippen LogP contribution >= 0.6 is 15.9 Å². The van der Waals surface area contributed by atoms with Gasteiger partial charge in [-0.2, -0.15) is 13.2 Å². The first kappa shape index (κ1) is 16.6. The molecule has 8 heteroatoms. The van der Waals surface area contributed by atoms with Crippen LogP contribution in [0.5, 0.6) is 5.75 Å². The molecule has 0 radical (unpaired) electrons. The summed E-state index contributed by atoms with van der Waals surface area (Å²) in [6, 6.07) is 2.48. The Morgan fingerprint density at radius 2 is 2.13 bits per heavy atom. The van der Waals surface area contributed by atoms with E-state index in [1.165, 1.54) is 12.3 Å². The first-order valence-corrected chi connectivity index (χ1v) is 8.33. The highest BCUT2D eigenvalue weighted by Gasteiger charge is 2.41. The molecule has 2 aromatic heterocycles. The number of nitrogens with zero attached hydrogens (tertiary/aromatic N) is 2. The average molecular weight is 393 g/mol. The van der Waals surface area contributed by atoms with Gasteiger partial charge in [0.2, 0.25) is 0 Å². The molecule has 2 aromatic rings. The molecule has 0 aromatic carbocycles. The largest absolute Gasteiger partial charge is 0.493 e. The topological polar surface area (TPSA) is 46.8 Å². The van der Waals surface area contributed by atoms with E-state index in [1.807, 2.05) is 0 Å². The number of fused-ring (bicyclic) bond motifs is 1. The molecular formula is C15H16BrF3N2O2. The third-order valence-corrected chi connectivity index (χ3v) is 4.31. The molecule has 0 unspecified atom stereocenters. The summed E-state index contributed by atoms with van der Waals surface area (Å²) in [5, 5.41) is 10.3. The summed E-state index contributed by atoms with van der Waals surface area (Å²) in [7, 11) is 0. The van der Waals surface area contributed by atoms with Gasteiger partial charge in [-0.25, -0.2) is 4.98 Å². The van der Waals surface area contributed by atoms with Crippen LogP contribution in [0, 0.1) is 0 Å². The maximum atomic E-state index is 13.3. The molecule has 4 nitrogen and oxygen atoms in total. The van der Waals surface area contributed by atoms with Gasteiger partial charge in [-0.15, -0.1) is 0 Å². The van der Waals surface area contributed by atoms with Gasteiger partial charge in [0.05, 0.1) is 17.9 Å². The van der Waals surface area contributed by atoms with Gasteiger partial charge in [-0.05, 0) is 19.8 Å². The molecule has 0 amide bonds. The van der Waals surface area contributed by atoms with Crippen LogP contribution < -0.4 is 4.74 Å². The lowest BCUT2D eigenvalue weighted by Gasteiger charge is -2.39. The summed E-state index contributed by atoms with van der Waals surface area (Å²) >= 11 is 3.17. The van der Waals surface area contributed by atoms with Crippen molar-refractivity contribution < 1.29 is 23.0 Å². The van der Waals surface area contributed by atoms with Gasteiger partial charge in [-0.1, -0.05) is 15.9 Å². The molecule has 0 atom stereocenters. The van der Waals surface area contributed by atoms with Crippen LogP contribution in [0.4, 0.5) is 13.2 Å². The van der Waals surface area contributed by atoms with Gasteiger partial charge in [0.1, 0.15) is 17.1 Å². The Bertz CT molecular complexity index is 719. The predicted molar refractivity (Wildman–Crippen MR) is 82.1 cm³/mol. The van der Waals surface area contributed by atoms with Crippen LogP contribution in [0.1, 0.15) is 37.1 Å². The molecule has 1 aliphatic carbocycles. The van der Waals surface area contributed by atoms with Crippen LogP contribution in [0.2, 0.25) is 0 Å². The zero-order chi connectivity index (χ0) is 16.8. The highest BCUT2D eigenvalue weighted by atomic mass is 79.9. The van der Waals surface area contributed by atoms with E-state index in [9.17, 15) is 18.3 Å². The van der Waals surface area contributed by atoms with Crippen molar-refractivity contribution in [2.45, 2.75) is 37.5 Å². The molecule has 1 aliphatic rings. The van der Waals surface area contributed by atoms with Crippen LogP contribution in [0.15, 0.2) is 18.3 Å². The Morgan fingerprint density at radius 1 is 1.43 bits per heavy atom. The second kappa shape index (κ2) is 5.66. The fraction of sp³-hybridized carbons (Fsp3) is 0.533. The van der Waals surface area contributed by atoms with E-state index in [4.69, 9.17) is 4.74 Å². The monoisotopic (exact) mass is 392 g/mol. The summed E-state index contributed by atoms with van der Waals surface area (Å²) in [4.78, 5) is 4.30. The zero-order valence-electron chi connectivity index (χ0n) is 12.4. The van der Waals surface area contributed by atoms with Crippen molar-refractivity contribution in [1.82, 2.24) is 9.38 Å². The smallest absolute Gasteiger partial charge is 0.431 e. The second-order valence-electron chi connectivity index (χ2n) is 6.11. The summed E-state index contributed by atoms with van der Waals surface area (Å²) in [5.74, 6) is 0.125. The summed E-state index contributed by atoms with van der Waals surface area (Å²) in [5.41, 5.74) is -0.799. The lowest BCUT2D eigenvalue weighted by molar-refractivity contribution is -0.142. The maximum absolute atomic E-state index is 13.3. The maximum Gasteiger partial charge on any atom is 0.431 e. The number of hydrogen-bond acceptors (Lipinski definition) is 3. The van der Waals surface area contributed by atoms with Crippen molar-refractivity contribution in [2.24, 2.45) is 0 Å². The normalized spacial score (nSPS) is 24.7. The lowest BCUT2D eigenvalue weighted by Crippen LogP contribution is -2.39. The van der Waals surface area contributed by atoms with E-state index in [1.54, 1.807) is 6.92 Å². The zero-order valence-corrected chi connectivity index (χ0v) is 14.0. The fourth-order valence-electron chi connectivity index (χ4n) is 2.95. The highest BCUT2D eigenvalue weighted by Crippen LogP contribution is 2.44. The standard InChI is InChI=1S/C15H16BrF3N2O2/c1-14(22)6-9(7-14)11-8-21-12(15(17,18)19)4-10(23-3-2-16)5-13(21)20-11/h4-5,8-9,22H,2-3,6-7H2,1H3. The van der Waals surface area contributed by atoms with Gasteiger partial charge in [0.15, 0.2) is 0 Å². The van der Waals surface area contributed by atoms with Crippen molar-refractivity contribution in [1.29, 1.82) is 0 Å². The van der Waals surface area contributed by atoms with Crippen molar-refractivity contribution >= 4 is 21.6 Å². The first-order chi connectivity index (χ1) is 10.7. The quantitative estimate of drug-likeness (QED) is 0.805. The Kier molecular flexibility index (Phi) is 4.08. The minimum absolute atomic E-state index is 0.0158. The SMILES string of the molecule is CC1(O)CC(c2cn3c(C(F)(F)F)cc(OCCBr)cc3n2)C1. The summed E-state index contributed by atoms with van der Waals surface area (Å²) in [6.45, 7) is 1.99. The summed E-state index contributed by atoms with van der Waals surface area (Å²) in [6.07, 6.45) is -2.09. The van der Waals surface area contributed by atoms with Crippen molar-refractivity contribution in [3.8, 4) is 5.75 Å². The minimum atomic E-state index is -4.50. The van der Waals surface area contributed by atoms with Gasteiger partial charge in [0.25, 0.3) is 0 Å². The van der Waals surface area contributed by atoms with Gasteiger partial charge >= 0.3 is 6.18 Å². The molecule has 1 fully saturated rings. The van der Waals surface area contributed by atoms with Crippen molar-refractivity contribution in [3.05, 3.63) is 29.7 Å². The molecule has 0 saturated heterocycles. The Labute approximate surface area is 139 Å². The predicted octanol–water partition coefficient (Wildman–Crippen LogP) is 3.76. The van der Waals surface area contributed by atoms with Gasteiger partial charge in [-0.3, -0.25) is 4.40 Å². The van der Waals surface area contributed by atoms with E-state index < -0.39 is 17.5 Å². The Hall–Kier alpha value is -1.28. The van der Waals surface area contributed by atoms with E-state index in [0.717, 1.165) is 10.5 Å². The molecule has 1 saturated carbocycles. The van der Waals surface area contributed by atoms with Gasteiger partial charge in [0, 0.05) is 29.6 Å². The molecule has 1 N–H and O–H groups in total. The van der Waals surface area contributed by atoms with E-state index in [0.29, 0.717) is 23.9 Å². The van der Waals surface area contributed by atoms with E-state index >= 15 is 0 Å². The van der Waals surface area contributed by atoms with E-state index in [2.05, 4.69) is 20.9 Å². The fourth-order valence-corrected chi connectivity index (χ4v) is 3.11. The van der Waals surface area contributed by atoms with Crippen molar-refractivity contribution in [3.63, 3.8) is 0 Å². The third-order valence-electron chi connectivity index (χ3n) is 3.99. The number of pyridine rings is 1. The van der Waals surface area contributed by atoms with Crippen LogP contribution in [-0.2, 0) is 6.18 Å². The molecule has 126 valence electrons. The van der Waals surface area contributed by atoms with E-state index in [-0.39, 0.29) is 23.9 Å². The Morgan fingerprint density at radius 3 is 2.70 bits per heavy atom. The molecular weight excluding hydrogens is 377 g/mol. The molecule has 3 rings (SSSR count). The van der Waals surface area contributed by atoms with Crippen LogP contribution in [0.25, 0.3) is 5.65 Å². The number of hydrogen-bond donors (Lipinski definition) is 1. The molecule has 0 spiro atoms. The Balaban J connectivity index is 2.02. The average Bonchev–Trinajstić information content (AvgIpc) is 2.83. The number of rotatable bonds is 4. The molecule has 23 heavy (non-hydrogen) atoms. The minimum Gasteiger partial charge on any atom is -0.493 e.